The number of hydrogen-bond donors (Lipinski definition) is 0. The first-order valence-corrected chi connectivity index (χ1v) is 6.15. The van der Waals surface area contributed by atoms with Crippen LogP contribution in [-0.2, 0) is 6.54 Å². The summed E-state index contributed by atoms with van der Waals surface area (Å²) in [7, 11) is 1.66. The molecule has 3 rings (SSSR count). The monoisotopic (exact) mass is 247 g/mol. The van der Waals surface area contributed by atoms with Crippen molar-refractivity contribution in [2.75, 3.05) is 7.11 Å². The van der Waals surface area contributed by atoms with Gasteiger partial charge >= 0.3 is 0 Å². The fraction of sp³-hybridized carbons (Fsp3) is 0.118. The molecule has 2 nitrogen and oxygen atoms in total. The average Bonchev–Trinajstić information content (AvgIpc) is 2.89. The van der Waals surface area contributed by atoms with Gasteiger partial charge in [0, 0.05) is 11.1 Å². The SMILES string of the molecule is COc1ccc(C#CC2=NCc3ccccc32)cc1. The summed E-state index contributed by atoms with van der Waals surface area (Å²) < 4.78 is 5.12. The van der Waals surface area contributed by atoms with E-state index in [1.165, 1.54) is 5.56 Å². The maximum Gasteiger partial charge on any atom is 0.118 e. The second-order valence-electron chi connectivity index (χ2n) is 4.30. The third-order valence-corrected chi connectivity index (χ3v) is 3.10. The number of benzene rings is 2. The number of nitrogens with zero attached hydrogens (tertiary/aromatic N) is 1. The summed E-state index contributed by atoms with van der Waals surface area (Å²) in [6.07, 6.45) is 0. The van der Waals surface area contributed by atoms with Gasteiger partial charge in [-0.2, -0.15) is 0 Å². The average molecular weight is 247 g/mol. The van der Waals surface area contributed by atoms with Gasteiger partial charge in [-0.25, -0.2) is 0 Å². The Hall–Kier alpha value is -2.53. The minimum absolute atomic E-state index is 0.739. The third kappa shape index (κ3) is 2.36. The molecule has 0 saturated carbocycles. The summed E-state index contributed by atoms with van der Waals surface area (Å²) in [4.78, 5) is 4.47. The summed E-state index contributed by atoms with van der Waals surface area (Å²) in [5.41, 5.74) is 4.25. The predicted molar refractivity (Wildman–Crippen MR) is 76.6 cm³/mol. The van der Waals surface area contributed by atoms with E-state index < -0.39 is 0 Å². The lowest BCUT2D eigenvalue weighted by Crippen LogP contribution is -1.93. The molecule has 0 radical (unpaired) electrons. The summed E-state index contributed by atoms with van der Waals surface area (Å²) in [6.45, 7) is 0.739. The Labute approximate surface area is 112 Å². The highest BCUT2D eigenvalue weighted by molar-refractivity contribution is 6.15. The minimum atomic E-state index is 0.739. The van der Waals surface area contributed by atoms with E-state index in [1.54, 1.807) is 7.11 Å². The zero-order chi connectivity index (χ0) is 13.1. The Morgan fingerprint density at radius 3 is 2.58 bits per heavy atom. The van der Waals surface area contributed by atoms with Crippen LogP contribution in [0, 0.1) is 11.8 Å². The second-order valence-corrected chi connectivity index (χ2v) is 4.30. The summed E-state index contributed by atoms with van der Waals surface area (Å²) in [5, 5.41) is 0. The number of fused-ring (bicyclic) bond motifs is 1. The van der Waals surface area contributed by atoms with Crippen LogP contribution in [0.1, 0.15) is 16.7 Å². The van der Waals surface area contributed by atoms with Crippen LogP contribution in [-0.4, -0.2) is 12.8 Å². The maximum absolute atomic E-state index is 5.12. The Morgan fingerprint density at radius 2 is 1.79 bits per heavy atom. The lowest BCUT2D eigenvalue weighted by atomic mass is 10.1. The lowest BCUT2D eigenvalue weighted by Gasteiger charge is -1.98. The van der Waals surface area contributed by atoms with Crippen molar-refractivity contribution in [3.63, 3.8) is 0 Å². The van der Waals surface area contributed by atoms with E-state index in [2.05, 4.69) is 29.0 Å². The quantitative estimate of drug-likeness (QED) is 0.710. The van der Waals surface area contributed by atoms with Gasteiger partial charge in [-0.1, -0.05) is 30.2 Å². The van der Waals surface area contributed by atoms with Gasteiger partial charge in [0.1, 0.15) is 11.5 Å². The van der Waals surface area contributed by atoms with Crippen molar-refractivity contribution in [3.8, 4) is 17.6 Å². The smallest absolute Gasteiger partial charge is 0.118 e. The van der Waals surface area contributed by atoms with Crippen LogP contribution < -0.4 is 4.74 Å². The molecule has 0 spiro atoms. The molecule has 0 aromatic heterocycles. The van der Waals surface area contributed by atoms with Crippen LogP contribution in [0.3, 0.4) is 0 Å². The van der Waals surface area contributed by atoms with Gasteiger partial charge in [-0.05, 0) is 35.7 Å². The molecule has 0 atom stereocenters. The second kappa shape index (κ2) is 4.99. The topological polar surface area (TPSA) is 21.6 Å². The molecule has 2 aromatic rings. The normalized spacial score (nSPS) is 12.2. The van der Waals surface area contributed by atoms with Crippen molar-refractivity contribution in [3.05, 3.63) is 65.2 Å². The molecule has 1 aliphatic rings. The highest BCUT2D eigenvalue weighted by Gasteiger charge is 2.12. The van der Waals surface area contributed by atoms with Crippen molar-refractivity contribution in [2.24, 2.45) is 4.99 Å². The molecule has 1 aliphatic heterocycles. The molecule has 0 N–H and O–H groups in total. The van der Waals surface area contributed by atoms with E-state index in [0.717, 1.165) is 29.1 Å². The van der Waals surface area contributed by atoms with Crippen molar-refractivity contribution in [1.29, 1.82) is 0 Å². The predicted octanol–water partition coefficient (Wildman–Crippen LogP) is 3.05. The maximum atomic E-state index is 5.12. The Kier molecular flexibility index (Phi) is 3.04. The van der Waals surface area contributed by atoms with Gasteiger partial charge in [-0.15, -0.1) is 0 Å². The first kappa shape index (κ1) is 11.6. The standard InChI is InChI=1S/C17H13NO/c1-19-15-9-6-13(7-10-15)8-11-17-16-5-3-2-4-14(16)12-18-17/h2-7,9-10H,12H2,1H3. The number of methoxy groups -OCH3 is 1. The van der Waals surface area contributed by atoms with E-state index in [-0.39, 0.29) is 0 Å². The van der Waals surface area contributed by atoms with Crippen LogP contribution >= 0.6 is 0 Å². The van der Waals surface area contributed by atoms with E-state index in [1.807, 2.05) is 36.4 Å². The van der Waals surface area contributed by atoms with Gasteiger partial charge in [0.25, 0.3) is 0 Å². The van der Waals surface area contributed by atoms with Crippen LogP contribution in [0.2, 0.25) is 0 Å². The first-order valence-electron chi connectivity index (χ1n) is 6.15. The zero-order valence-electron chi connectivity index (χ0n) is 10.7. The molecule has 0 fully saturated rings. The van der Waals surface area contributed by atoms with Crippen LogP contribution in [0.15, 0.2) is 53.5 Å². The highest BCUT2D eigenvalue weighted by Crippen LogP contribution is 2.18. The Morgan fingerprint density at radius 1 is 1.00 bits per heavy atom. The fourth-order valence-corrected chi connectivity index (χ4v) is 2.05. The van der Waals surface area contributed by atoms with Gasteiger partial charge in [0.2, 0.25) is 0 Å². The van der Waals surface area contributed by atoms with Crippen molar-refractivity contribution in [1.82, 2.24) is 0 Å². The summed E-state index contributed by atoms with van der Waals surface area (Å²) >= 11 is 0. The molecule has 92 valence electrons. The summed E-state index contributed by atoms with van der Waals surface area (Å²) in [5.74, 6) is 7.13. The number of aliphatic imine (C=N–C) groups is 1. The van der Waals surface area contributed by atoms with Crippen LogP contribution in [0.5, 0.6) is 5.75 Å². The van der Waals surface area contributed by atoms with Gasteiger partial charge in [0.05, 0.1) is 13.7 Å². The molecular weight excluding hydrogens is 234 g/mol. The van der Waals surface area contributed by atoms with E-state index >= 15 is 0 Å². The molecule has 0 saturated heterocycles. The largest absolute Gasteiger partial charge is 0.497 e. The molecule has 2 aromatic carbocycles. The third-order valence-electron chi connectivity index (χ3n) is 3.10. The number of rotatable bonds is 1. The van der Waals surface area contributed by atoms with Crippen LogP contribution in [0.4, 0.5) is 0 Å². The van der Waals surface area contributed by atoms with E-state index in [0.29, 0.717) is 0 Å². The Bertz CT molecular complexity index is 687. The van der Waals surface area contributed by atoms with Gasteiger partial charge in [-0.3, -0.25) is 4.99 Å². The van der Waals surface area contributed by atoms with Crippen molar-refractivity contribution >= 4 is 5.71 Å². The fourth-order valence-electron chi connectivity index (χ4n) is 2.05. The molecule has 19 heavy (non-hydrogen) atoms. The molecule has 0 amide bonds. The van der Waals surface area contributed by atoms with E-state index in [4.69, 9.17) is 4.74 Å². The number of ether oxygens (including phenoxy) is 1. The highest BCUT2D eigenvalue weighted by atomic mass is 16.5. The van der Waals surface area contributed by atoms with E-state index in [9.17, 15) is 0 Å². The zero-order valence-corrected chi connectivity index (χ0v) is 10.7. The molecule has 2 heteroatoms. The van der Waals surface area contributed by atoms with Gasteiger partial charge in [0.15, 0.2) is 0 Å². The van der Waals surface area contributed by atoms with Crippen molar-refractivity contribution in [2.45, 2.75) is 6.54 Å². The molecule has 0 bridgehead atoms. The Balaban J connectivity index is 1.85. The molecule has 0 aliphatic carbocycles. The van der Waals surface area contributed by atoms with Gasteiger partial charge < -0.3 is 4.74 Å². The lowest BCUT2D eigenvalue weighted by molar-refractivity contribution is 0.415. The molecule has 1 heterocycles. The number of hydrogen-bond acceptors (Lipinski definition) is 2. The molecule has 0 unspecified atom stereocenters. The van der Waals surface area contributed by atoms with Crippen LogP contribution in [0.25, 0.3) is 0 Å². The molecular formula is C17H13NO. The van der Waals surface area contributed by atoms with Crippen molar-refractivity contribution < 1.29 is 4.74 Å². The first-order chi connectivity index (χ1) is 9.36. The summed E-state index contributed by atoms with van der Waals surface area (Å²) in [6, 6.07) is 16.0. The minimum Gasteiger partial charge on any atom is -0.497 e.